The number of aliphatic hydroxyl groups is 1. The minimum Gasteiger partial charge on any atom is -0.497 e. The van der Waals surface area contributed by atoms with Crippen molar-refractivity contribution in [3.63, 3.8) is 0 Å². The van der Waals surface area contributed by atoms with Crippen molar-refractivity contribution >= 4 is 23.0 Å². The first kappa shape index (κ1) is 17.2. The lowest BCUT2D eigenvalue weighted by molar-refractivity contribution is 0.188. The van der Waals surface area contributed by atoms with E-state index in [0.29, 0.717) is 18.1 Å². The van der Waals surface area contributed by atoms with Gasteiger partial charge in [0.25, 0.3) is 0 Å². The van der Waals surface area contributed by atoms with E-state index in [1.54, 1.807) is 7.11 Å². The van der Waals surface area contributed by atoms with Crippen LogP contribution >= 0.6 is 0 Å². The molecule has 1 aliphatic heterocycles. The smallest absolute Gasteiger partial charge is 0.159 e. The Morgan fingerprint density at radius 1 is 1.24 bits per heavy atom. The van der Waals surface area contributed by atoms with Gasteiger partial charge in [-0.2, -0.15) is 0 Å². The highest BCUT2D eigenvalue weighted by Gasteiger charge is 2.21. The maximum Gasteiger partial charge on any atom is 0.159 e. The number of anilines is 4. The fourth-order valence-electron chi connectivity index (χ4n) is 2.90. The highest BCUT2D eigenvalue weighted by molar-refractivity contribution is 5.78. The molecule has 25 heavy (non-hydrogen) atoms. The van der Waals surface area contributed by atoms with E-state index < -0.39 is 0 Å². The second-order valence-corrected chi connectivity index (χ2v) is 5.87. The number of benzene rings is 1. The standard InChI is InChI=1S/C17H24N6O2/c1-25-14-4-2-3-13(11-14)21-16-15(18)17(20-12-19-16)23-7-5-22(6-8-23)9-10-24/h2-4,11-12,24H,5-10,18H2,1H3,(H,19,20,21). The number of aliphatic hydroxyl groups excluding tert-OH is 1. The second-order valence-electron chi connectivity index (χ2n) is 5.87. The molecule has 2 heterocycles. The van der Waals surface area contributed by atoms with Gasteiger partial charge in [0.1, 0.15) is 17.8 Å². The summed E-state index contributed by atoms with van der Waals surface area (Å²) in [5.41, 5.74) is 7.69. The Balaban J connectivity index is 1.74. The summed E-state index contributed by atoms with van der Waals surface area (Å²) in [7, 11) is 1.63. The van der Waals surface area contributed by atoms with Gasteiger partial charge in [0.05, 0.1) is 13.7 Å². The zero-order valence-electron chi connectivity index (χ0n) is 14.4. The molecular formula is C17H24N6O2. The molecular weight excluding hydrogens is 320 g/mol. The Kier molecular flexibility index (Phi) is 5.52. The number of hydrogen-bond acceptors (Lipinski definition) is 8. The molecule has 0 spiro atoms. The molecule has 1 fully saturated rings. The molecule has 0 unspecified atom stereocenters. The van der Waals surface area contributed by atoms with Gasteiger partial charge in [0.2, 0.25) is 0 Å². The van der Waals surface area contributed by atoms with E-state index in [1.807, 2.05) is 24.3 Å². The third kappa shape index (κ3) is 4.09. The average molecular weight is 344 g/mol. The third-order valence-corrected chi connectivity index (χ3v) is 4.28. The van der Waals surface area contributed by atoms with Crippen molar-refractivity contribution in [1.82, 2.24) is 14.9 Å². The zero-order valence-corrected chi connectivity index (χ0v) is 14.4. The lowest BCUT2D eigenvalue weighted by Gasteiger charge is -2.35. The molecule has 0 radical (unpaired) electrons. The normalized spacial score (nSPS) is 15.2. The first-order chi connectivity index (χ1) is 12.2. The Labute approximate surface area is 147 Å². The summed E-state index contributed by atoms with van der Waals surface area (Å²) in [6, 6.07) is 7.60. The van der Waals surface area contributed by atoms with Gasteiger partial charge >= 0.3 is 0 Å². The molecule has 1 aliphatic rings. The monoisotopic (exact) mass is 344 g/mol. The summed E-state index contributed by atoms with van der Waals surface area (Å²) < 4.78 is 5.24. The molecule has 1 aromatic carbocycles. The van der Waals surface area contributed by atoms with E-state index >= 15 is 0 Å². The van der Waals surface area contributed by atoms with Gasteiger partial charge in [-0.05, 0) is 12.1 Å². The number of methoxy groups -OCH3 is 1. The molecule has 8 nitrogen and oxygen atoms in total. The van der Waals surface area contributed by atoms with Crippen LogP contribution in [0.25, 0.3) is 0 Å². The fraction of sp³-hybridized carbons (Fsp3) is 0.412. The highest BCUT2D eigenvalue weighted by Crippen LogP contribution is 2.29. The molecule has 0 aliphatic carbocycles. The van der Waals surface area contributed by atoms with Crippen LogP contribution in [0.5, 0.6) is 5.75 Å². The van der Waals surface area contributed by atoms with Crippen LogP contribution in [-0.4, -0.2) is 66.4 Å². The molecule has 4 N–H and O–H groups in total. The number of nitrogens with one attached hydrogen (secondary N) is 1. The van der Waals surface area contributed by atoms with E-state index in [9.17, 15) is 0 Å². The van der Waals surface area contributed by atoms with Crippen molar-refractivity contribution < 1.29 is 9.84 Å². The van der Waals surface area contributed by atoms with Crippen molar-refractivity contribution in [2.75, 3.05) is 62.4 Å². The number of piperazine rings is 1. The van der Waals surface area contributed by atoms with Crippen molar-refractivity contribution in [1.29, 1.82) is 0 Å². The third-order valence-electron chi connectivity index (χ3n) is 4.28. The minimum absolute atomic E-state index is 0.185. The Morgan fingerprint density at radius 3 is 2.76 bits per heavy atom. The van der Waals surface area contributed by atoms with Gasteiger partial charge in [-0.15, -0.1) is 0 Å². The molecule has 3 rings (SSSR count). The van der Waals surface area contributed by atoms with E-state index in [-0.39, 0.29) is 6.61 Å². The van der Waals surface area contributed by atoms with Crippen molar-refractivity contribution in [3.8, 4) is 5.75 Å². The molecule has 8 heteroatoms. The van der Waals surface area contributed by atoms with Crippen LogP contribution in [0.3, 0.4) is 0 Å². The quantitative estimate of drug-likeness (QED) is 0.711. The number of rotatable bonds is 6. The number of ether oxygens (including phenoxy) is 1. The van der Waals surface area contributed by atoms with Crippen molar-refractivity contribution in [2.45, 2.75) is 0 Å². The molecule has 0 bridgehead atoms. The molecule has 0 saturated carbocycles. The number of nitrogens with two attached hydrogens (primary N) is 1. The van der Waals surface area contributed by atoms with E-state index in [4.69, 9.17) is 15.6 Å². The Hall–Kier alpha value is -2.58. The first-order valence-electron chi connectivity index (χ1n) is 8.31. The van der Waals surface area contributed by atoms with Crippen LogP contribution in [0.1, 0.15) is 0 Å². The van der Waals surface area contributed by atoms with Crippen LogP contribution in [0.2, 0.25) is 0 Å². The lowest BCUT2D eigenvalue weighted by atomic mass is 10.2. The molecule has 0 atom stereocenters. The predicted octanol–water partition coefficient (Wildman–Crippen LogP) is 0.925. The summed E-state index contributed by atoms with van der Waals surface area (Å²) in [5, 5.41) is 12.3. The largest absolute Gasteiger partial charge is 0.497 e. The molecule has 2 aromatic rings. The summed E-state index contributed by atoms with van der Waals surface area (Å²) in [5.74, 6) is 2.08. The summed E-state index contributed by atoms with van der Waals surface area (Å²) in [4.78, 5) is 13.0. The second kappa shape index (κ2) is 8.00. The molecule has 134 valence electrons. The Morgan fingerprint density at radius 2 is 2.04 bits per heavy atom. The van der Waals surface area contributed by atoms with Gasteiger partial charge in [-0.1, -0.05) is 6.07 Å². The van der Waals surface area contributed by atoms with Crippen LogP contribution in [0.4, 0.5) is 23.0 Å². The number of nitrogen functional groups attached to an aromatic ring is 1. The maximum absolute atomic E-state index is 9.05. The summed E-state index contributed by atoms with van der Waals surface area (Å²) in [6.07, 6.45) is 1.52. The molecule has 0 amide bonds. The van der Waals surface area contributed by atoms with Crippen LogP contribution in [0, 0.1) is 0 Å². The zero-order chi connectivity index (χ0) is 17.6. The van der Waals surface area contributed by atoms with Gasteiger partial charge in [0, 0.05) is 44.5 Å². The minimum atomic E-state index is 0.185. The van der Waals surface area contributed by atoms with Crippen molar-refractivity contribution in [2.24, 2.45) is 0 Å². The lowest BCUT2D eigenvalue weighted by Crippen LogP contribution is -2.47. The first-order valence-corrected chi connectivity index (χ1v) is 8.31. The summed E-state index contributed by atoms with van der Waals surface area (Å²) >= 11 is 0. The van der Waals surface area contributed by atoms with E-state index in [1.165, 1.54) is 6.33 Å². The topological polar surface area (TPSA) is 99.8 Å². The van der Waals surface area contributed by atoms with Crippen molar-refractivity contribution in [3.05, 3.63) is 30.6 Å². The number of aromatic nitrogens is 2. The number of nitrogens with zero attached hydrogens (tertiary/aromatic N) is 4. The van der Waals surface area contributed by atoms with Gasteiger partial charge in [-0.3, -0.25) is 4.90 Å². The van der Waals surface area contributed by atoms with E-state index in [0.717, 1.165) is 43.4 Å². The molecule has 1 saturated heterocycles. The highest BCUT2D eigenvalue weighted by atomic mass is 16.5. The van der Waals surface area contributed by atoms with Crippen LogP contribution < -0.4 is 20.7 Å². The SMILES string of the molecule is COc1cccc(Nc2ncnc(N3CCN(CCO)CC3)c2N)c1. The van der Waals surface area contributed by atoms with Crippen LogP contribution in [-0.2, 0) is 0 Å². The summed E-state index contributed by atoms with van der Waals surface area (Å²) in [6.45, 7) is 4.28. The molecule has 1 aromatic heterocycles. The average Bonchev–Trinajstić information content (AvgIpc) is 2.65. The van der Waals surface area contributed by atoms with Gasteiger partial charge < -0.3 is 25.8 Å². The Bertz CT molecular complexity index is 703. The van der Waals surface area contributed by atoms with E-state index in [2.05, 4.69) is 25.1 Å². The van der Waals surface area contributed by atoms with Crippen LogP contribution in [0.15, 0.2) is 30.6 Å². The predicted molar refractivity (Wildman–Crippen MR) is 98.5 cm³/mol. The van der Waals surface area contributed by atoms with Gasteiger partial charge in [-0.25, -0.2) is 9.97 Å². The number of β-amino-alcohol motifs (C(OH)–C–C–N with tert-alkyl or cyclic N) is 1. The van der Waals surface area contributed by atoms with Gasteiger partial charge in [0.15, 0.2) is 11.6 Å². The maximum atomic E-state index is 9.05. The fourth-order valence-corrected chi connectivity index (χ4v) is 2.90. The number of hydrogen-bond donors (Lipinski definition) is 3.